The standard InChI is InChI=1S/C19H30N2O3/c1-19(2,3)24-18(22)20-13-7-6-8-16-9-11-17(12-10-16)23-15-14-21(4)5/h6,8-12H,7,13-15H2,1-5H3,(H,20,22). The van der Waals surface area contributed by atoms with E-state index in [0.717, 1.165) is 24.3 Å². The molecule has 0 aromatic heterocycles. The van der Waals surface area contributed by atoms with E-state index < -0.39 is 5.60 Å². The summed E-state index contributed by atoms with van der Waals surface area (Å²) in [6.45, 7) is 7.67. The second-order valence-corrected chi connectivity index (χ2v) is 6.84. The van der Waals surface area contributed by atoms with E-state index in [1.165, 1.54) is 0 Å². The first kappa shape index (κ1) is 20.0. The maximum atomic E-state index is 11.5. The molecule has 24 heavy (non-hydrogen) atoms. The van der Waals surface area contributed by atoms with Gasteiger partial charge in [-0.2, -0.15) is 0 Å². The zero-order chi connectivity index (χ0) is 18.0. The van der Waals surface area contributed by atoms with Gasteiger partial charge in [0, 0.05) is 13.1 Å². The largest absolute Gasteiger partial charge is 0.492 e. The van der Waals surface area contributed by atoms with Crippen LogP contribution in [-0.2, 0) is 4.74 Å². The first-order chi connectivity index (χ1) is 11.3. The number of alkyl carbamates (subject to hydrolysis) is 1. The van der Waals surface area contributed by atoms with E-state index in [4.69, 9.17) is 9.47 Å². The summed E-state index contributed by atoms with van der Waals surface area (Å²) in [4.78, 5) is 13.6. The smallest absolute Gasteiger partial charge is 0.407 e. The highest BCUT2D eigenvalue weighted by Gasteiger charge is 2.15. The number of hydrogen-bond donors (Lipinski definition) is 1. The molecule has 0 spiro atoms. The van der Waals surface area contributed by atoms with Gasteiger partial charge in [-0.1, -0.05) is 24.3 Å². The van der Waals surface area contributed by atoms with Gasteiger partial charge in [-0.05, 0) is 59.0 Å². The Labute approximate surface area is 145 Å². The maximum absolute atomic E-state index is 11.5. The summed E-state index contributed by atoms with van der Waals surface area (Å²) in [6.07, 6.45) is 4.43. The van der Waals surface area contributed by atoms with Crippen LogP contribution in [0.5, 0.6) is 5.75 Å². The lowest BCUT2D eigenvalue weighted by atomic mass is 10.2. The van der Waals surface area contributed by atoms with Gasteiger partial charge < -0.3 is 19.7 Å². The minimum absolute atomic E-state index is 0.380. The van der Waals surface area contributed by atoms with Crippen molar-refractivity contribution in [3.63, 3.8) is 0 Å². The molecule has 0 aliphatic rings. The normalized spacial score (nSPS) is 11.8. The average Bonchev–Trinajstić information content (AvgIpc) is 2.46. The van der Waals surface area contributed by atoms with Crippen molar-refractivity contribution >= 4 is 12.2 Å². The molecule has 0 aliphatic heterocycles. The number of carbonyl (C=O) groups is 1. The van der Waals surface area contributed by atoms with Crippen LogP contribution in [0.15, 0.2) is 30.3 Å². The lowest BCUT2D eigenvalue weighted by Gasteiger charge is -2.19. The molecule has 1 amide bonds. The highest BCUT2D eigenvalue weighted by Crippen LogP contribution is 2.13. The molecule has 0 bridgehead atoms. The molecule has 0 radical (unpaired) electrons. The van der Waals surface area contributed by atoms with Crippen molar-refractivity contribution in [2.24, 2.45) is 0 Å². The molecule has 0 saturated heterocycles. The van der Waals surface area contributed by atoms with Gasteiger partial charge in [-0.3, -0.25) is 0 Å². The molecule has 5 nitrogen and oxygen atoms in total. The third-order valence-electron chi connectivity index (χ3n) is 2.98. The number of hydrogen-bond acceptors (Lipinski definition) is 4. The van der Waals surface area contributed by atoms with E-state index in [0.29, 0.717) is 13.2 Å². The minimum Gasteiger partial charge on any atom is -0.492 e. The SMILES string of the molecule is CN(C)CCOc1ccc(C=CCCNC(=O)OC(C)(C)C)cc1. The number of amides is 1. The topological polar surface area (TPSA) is 50.8 Å². The molecule has 0 saturated carbocycles. The van der Waals surface area contributed by atoms with Gasteiger partial charge in [0.1, 0.15) is 18.0 Å². The molecule has 5 heteroatoms. The molecule has 1 aromatic rings. The van der Waals surface area contributed by atoms with Gasteiger partial charge in [0.2, 0.25) is 0 Å². The summed E-state index contributed by atoms with van der Waals surface area (Å²) < 4.78 is 10.8. The summed E-state index contributed by atoms with van der Waals surface area (Å²) in [6, 6.07) is 7.97. The Morgan fingerprint density at radius 2 is 1.88 bits per heavy atom. The van der Waals surface area contributed by atoms with Gasteiger partial charge in [0.05, 0.1) is 0 Å². The van der Waals surface area contributed by atoms with E-state index in [1.54, 1.807) is 0 Å². The molecule has 0 unspecified atom stereocenters. The van der Waals surface area contributed by atoms with Crippen molar-refractivity contribution in [2.45, 2.75) is 32.8 Å². The van der Waals surface area contributed by atoms with Gasteiger partial charge in [-0.25, -0.2) is 4.79 Å². The van der Waals surface area contributed by atoms with Crippen LogP contribution in [0.1, 0.15) is 32.8 Å². The van der Waals surface area contributed by atoms with Gasteiger partial charge in [-0.15, -0.1) is 0 Å². The van der Waals surface area contributed by atoms with Crippen molar-refractivity contribution in [2.75, 3.05) is 33.8 Å². The fraction of sp³-hybridized carbons (Fsp3) is 0.526. The quantitative estimate of drug-likeness (QED) is 0.739. The van der Waals surface area contributed by atoms with Crippen LogP contribution in [0.3, 0.4) is 0 Å². The van der Waals surface area contributed by atoms with E-state index in [1.807, 2.05) is 71.3 Å². The third-order valence-corrected chi connectivity index (χ3v) is 2.98. The van der Waals surface area contributed by atoms with Crippen molar-refractivity contribution in [1.82, 2.24) is 10.2 Å². The van der Waals surface area contributed by atoms with Crippen LogP contribution >= 0.6 is 0 Å². The number of rotatable bonds is 8. The predicted octanol–water partition coefficient (Wildman–Crippen LogP) is 3.56. The second-order valence-electron chi connectivity index (χ2n) is 6.84. The van der Waals surface area contributed by atoms with E-state index in [-0.39, 0.29) is 6.09 Å². The molecule has 0 aliphatic carbocycles. The molecule has 134 valence electrons. The van der Waals surface area contributed by atoms with Crippen LogP contribution < -0.4 is 10.1 Å². The maximum Gasteiger partial charge on any atom is 0.407 e. The zero-order valence-corrected chi connectivity index (χ0v) is 15.5. The van der Waals surface area contributed by atoms with Gasteiger partial charge >= 0.3 is 6.09 Å². The zero-order valence-electron chi connectivity index (χ0n) is 15.5. The van der Waals surface area contributed by atoms with Crippen LogP contribution in [0, 0.1) is 0 Å². The summed E-state index contributed by atoms with van der Waals surface area (Å²) in [5, 5.41) is 2.73. The predicted molar refractivity (Wildman–Crippen MR) is 98.4 cm³/mol. The van der Waals surface area contributed by atoms with Crippen LogP contribution in [0.4, 0.5) is 4.79 Å². The molecule has 0 fully saturated rings. The Bertz CT molecular complexity index is 516. The molecular formula is C19H30N2O3. The monoisotopic (exact) mass is 334 g/mol. The first-order valence-corrected chi connectivity index (χ1v) is 8.27. The number of carbonyl (C=O) groups excluding carboxylic acids is 1. The summed E-state index contributed by atoms with van der Waals surface area (Å²) in [5.41, 5.74) is 0.642. The first-order valence-electron chi connectivity index (χ1n) is 8.27. The molecule has 0 atom stereocenters. The minimum atomic E-state index is -0.462. The van der Waals surface area contributed by atoms with E-state index in [9.17, 15) is 4.79 Å². The Kier molecular flexibility index (Phi) is 8.33. The fourth-order valence-electron chi connectivity index (χ4n) is 1.81. The van der Waals surface area contributed by atoms with Crippen molar-refractivity contribution in [1.29, 1.82) is 0 Å². The van der Waals surface area contributed by atoms with Crippen LogP contribution in [-0.4, -0.2) is 50.4 Å². The average molecular weight is 334 g/mol. The van der Waals surface area contributed by atoms with Crippen molar-refractivity contribution < 1.29 is 14.3 Å². The Morgan fingerprint density at radius 1 is 1.21 bits per heavy atom. The second kappa shape index (κ2) is 9.98. The Hall–Kier alpha value is -2.01. The van der Waals surface area contributed by atoms with E-state index >= 15 is 0 Å². The third kappa shape index (κ3) is 9.90. The fourth-order valence-corrected chi connectivity index (χ4v) is 1.81. The van der Waals surface area contributed by atoms with Crippen molar-refractivity contribution in [3.05, 3.63) is 35.9 Å². The number of nitrogens with zero attached hydrogens (tertiary/aromatic N) is 1. The Balaban J connectivity index is 2.26. The van der Waals surface area contributed by atoms with Crippen molar-refractivity contribution in [3.8, 4) is 5.75 Å². The summed E-state index contributed by atoms with van der Waals surface area (Å²) in [7, 11) is 4.05. The number of ether oxygens (including phenoxy) is 2. The summed E-state index contributed by atoms with van der Waals surface area (Å²) in [5.74, 6) is 0.876. The molecule has 1 N–H and O–H groups in total. The van der Waals surface area contributed by atoms with Gasteiger partial charge in [0.15, 0.2) is 0 Å². The highest BCUT2D eigenvalue weighted by molar-refractivity contribution is 5.67. The highest BCUT2D eigenvalue weighted by atomic mass is 16.6. The van der Waals surface area contributed by atoms with E-state index in [2.05, 4.69) is 10.2 Å². The number of benzene rings is 1. The van der Waals surface area contributed by atoms with Crippen LogP contribution in [0.2, 0.25) is 0 Å². The molecular weight excluding hydrogens is 304 g/mol. The molecule has 1 rings (SSSR count). The lowest BCUT2D eigenvalue weighted by Crippen LogP contribution is -2.32. The van der Waals surface area contributed by atoms with Gasteiger partial charge in [0.25, 0.3) is 0 Å². The number of likely N-dealkylation sites (N-methyl/N-ethyl adjacent to an activating group) is 1. The van der Waals surface area contributed by atoms with Crippen LogP contribution in [0.25, 0.3) is 6.08 Å². The number of nitrogens with one attached hydrogen (secondary N) is 1. The lowest BCUT2D eigenvalue weighted by molar-refractivity contribution is 0.0529. The molecule has 0 heterocycles. The summed E-state index contributed by atoms with van der Waals surface area (Å²) >= 11 is 0. The Morgan fingerprint density at radius 3 is 2.46 bits per heavy atom. The molecule has 1 aromatic carbocycles.